The van der Waals surface area contributed by atoms with Crippen LogP contribution in [-0.2, 0) is 6.42 Å². The molecule has 0 aliphatic heterocycles. The summed E-state index contributed by atoms with van der Waals surface area (Å²) in [6, 6.07) is 10.2. The van der Waals surface area contributed by atoms with Crippen molar-refractivity contribution in [3.05, 3.63) is 41.6 Å². The smallest absolute Gasteiger partial charge is 0.229 e. The number of para-hydroxylation sites is 1. The lowest BCUT2D eigenvalue weighted by Crippen LogP contribution is -2.11. The third-order valence-electron chi connectivity index (χ3n) is 3.19. The highest BCUT2D eigenvalue weighted by atomic mass is 15.1. The fraction of sp³-hybridized carbons (Fsp3) is 0.412. The van der Waals surface area contributed by atoms with Gasteiger partial charge in [-0.2, -0.15) is 4.98 Å². The molecule has 2 rings (SSSR count). The van der Waals surface area contributed by atoms with Crippen LogP contribution in [0.5, 0.6) is 0 Å². The number of hydrogen-bond acceptors (Lipinski definition) is 4. The number of aromatic nitrogens is 2. The fourth-order valence-electron chi connectivity index (χ4n) is 2.09. The van der Waals surface area contributed by atoms with E-state index in [0.29, 0.717) is 11.9 Å². The molecule has 1 aromatic carbocycles. The molecule has 2 aromatic rings. The Balaban J connectivity index is 2.19. The van der Waals surface area contributed by atoms with Gasteiger partial charge in [0.05, 0.1) is 0 Å². The van der Waals surface area contributed by atoms with Gasteiger partial charge in [-0.1, -0.05) is 39.0 Å². The fourth-order valence-corrected chi connectivity index (χ4v) is 2.09. The number of anilines is 3. The van der Waals surface area contributed by atoms with Crippen LogP contribution < -0.4 is 10.6 Å². The van der Waals surface area contributed by atoms with E-state index in [1.54, 1.807) is 0 Å². The second-order valence-corrected chi connectivity index (χ2v) is 5.63. The second kappa shape index (κ2) is 7.07. The molecular weight excluding hydrogens is 260 g/mol. The molecule has 1 heterocycles. The molecule has 0 amide bonds. The minimum atomic E-state index is 0.581. The zero-order valence-corrected chi connectivity index (χ0v) is 13.3. The van der Waals surface area contributed by atoms with Gasteiger partial charge in [-0.3, -0.25) is 0 Å². The Kier molecular flexibility index (Phi) is 5.14. The quantitative estimate of drug-likeness (QED) is 0.836. The van der Waals surface area contributed by atoms with E-state index in [1.807, 2.05) is 19.1 Å². The Bertz CT molecular complexity index is 593. The zero-order valence-electron chi connectivity index (χ0n) is 13.3. The molecule has 1 aromatic heterocycles. The third-order valence-corrected chi connectivity index (χ3v) is 3.19. The Morgan fingerprint density at radius 2 is 1.90 bits per heavy atom. The van der Waals surface area contributed by atoms with Crippen LogP contribution in [0.4, 0.5) is 17.5 Å². The van der Waals surface area contributed by atoms with Crippen molar-refractivity contribution in [2.45, 2.75) is 34.1 Å². The summed E-state index contributed by atoms with van der Waals surface area (Å²) in [4.78, 5) is 9.01. The van der Waals surface area contributed by atoms with E-state index in [2.05, 4.69) is 59.6 Å². The van der Waals surface area contributed by atoms with E-state index >= 15 is 0 Å². The van der Waals surface area contributed by atoms with Crippen LogP contribution in [0.2, 0.25) is 0 Å². The lowest BCUT2D eigenvalue weighted by atomic mass is 10.1. The monoisotopic (exact) mass is 284 g/mol. The molecule has 0 aliphatic rings. The summed E-state index contributed by atoms with van der Waals surface area (Å²) in [6.45, 7) is 9.39. The Labute approximate surface area is 127 Å². The van der Waals surface area contributed by atoms with E-state index in [0.717, 1.165) is 30.2 Å². The number of nitrogens with zero attached hydrogens (tertiary/aromatic N) is 2. The Morgan fingerprint density at radius 1 is 1.14 bits per heavy atom. The molecule has 0 atom stereocenters. The first-order chi connectivity index (χ1) is 10.1. The number of rotatable bonds is 6. The number of aryl methyl sites for hydroxylation is 2. The maximum absolute atomic E-state index is 4.54. The van der Waals surface area contributed by atoms with Crippen LogP contribution >= 0.6 is 0 Å². The van der Waals surface area contributed by atoms with Gasteiger partial charge >= 0.3 is 0 Å². The number of hydrogen-bond donors (Lipinski definition) is 2. The summed E-state index contributed by atoms with van der Waals surface area (Å²) in [6.07, 6.45) is 0.980. The second-order valence-electron chi connectivity index (χ2n) is 5.63. The molecule has 4 nitrogen and oxygen atoms in total. The van der Waals surface area contributed by atoms with Crippen LogP contribution in [-0.4, -0.2) is 16.5 Å². The summed E-state index contributed by atoms with van der Waals surface area (Å²) < 4.78 is 0. The van der Waals surface area contributed by atoms with Gasteiger partial charge in [0.1, 0.15) is 5.82 Å². The Hall–Kier alpha value is -2.10. The average molecular weight is 284 g/mol. The molecule has 112 valence electrons. The van der Waals surface area contributed by atoms with Crippen molar-refractivity contribution in [1.29, 1.82) is 0 Å². The molecular formula is C17H24N4. The van der Waals surface area contributed by atoms with Crippen molar-refractivity contribution in [2.75, 3.05) is 17.2 Å². The topological polar surface area (TPSA) is 49.8 Å². The van der Waals surface area contributed by atoms with Crippen molar-refractivity contribution >= 4 is 17.5 Å². The minimum Gasteiger partial charge on any atom is -0.370 e. The molecule has 0 bridgehead atoms. The van der Waals surface area contributed by atoms with E-state index in [-0.39, 0.29) is 0 Å². The van der Waals surface area contributed by atoms with Crippen LogP contribution in [0.15, 0.2) is 30.3 Å². The molecule has 0 fully saturated rings. The molecule has 0 saturated carbocycles. The molecule has 4 heteroatoms. The van der Waals surface area contributed by atoms with E-state index in [4.69, 9.17) is 0 Å². The summed E-state index contributed by atoms with van der Waals surface area (Å²) in [7, 11) is 0. The molecule has 0 unspecified atom stereocenters. The predicted octanol–water partition coefficient (Wildman–Crippen LogP) is 4.16. The number of benzene rings is 1. The summed E-state index contributed by atoms with van der Waals surface area (Å²) >= 11 is 0. The molecule has 0 aliphatic carbocycles. The first-order valence-electron chi connectivity index (χ1n) is 7.53. The van der Waals surface area contributed by atoms with E-state index in [9.17, 15) is 0 Å². The van der Waals surface area contributed by atoms with Crippen molar-refractivity contribution in [1.82, 2.24) is 9.97 Å². The minimum absolute atomic E-state index is 0.581. The highest BCUT2D eigenvalue weighted by molar-refractivity contribution is 5.59. The van der Waals surface area contributed by atoms with Crippen LogP contribution in [0.25, 0.3) is 0 Å². The highest BCUT2D eigenvalue weighted by Gasteiger charge is 2.05. The first kappa shape index (κ1) is 15.3. The summed E-state index contributed by atoms with van der Waals surface area (Å²) in [5, 5.41) is 6.68. The SMILES string of the molecule is CCc1ccccc1Nc1nc(C)cc(NCC(C)C)n1. The first-order valence-corrected chi connectivity index (χ1v) is 7.53. The van der Waals surface area contributed by atoms with Gasteiger partial charge in [0.2, 0.25) is 5.95 Å². The predicted molar refractivity (Wildman–Crippen MR) is 89.2 cm³/mol. The molecule has 2 N–H and O–H groups in total. The zero-order chi connectivity index (χ0) is 15.2. The van der Waals surface area contributed by atoms with E-state index < -0.39 is 0 Å². The third kappa shape index (κ3) is 4.45. The van der Waals surface area contributed by atoms with Gasteiger partial charge in [0.15, 0.2) is 0 Å². The highest BCUT2D eigenvalue weighted by Crippen LogP contribution is 2.20. The Morgan fingerprint density at radius 3 is 2.62 bits per heavy atom. The van der Waals surface area contributed by atoms with Crippen molar-refractivity contribution in [3.63, 3.8) is 0 Å². The van der Waals surface area contributed by atoms with E-state index in [1.165, 1.54) is 5.56 Å². The van der Waals surface area contributed by atoms with Gasteiger partial charge < -0.3 is 10.6 Å². The molecule has 0 saturated heterocycles. The average Bonchev–Trinajstić information content (AvgIpc) is 2.45. The van der Waals surface area contributed by atoms with Gasteiger partial charge in [0, 0.05) is 24.0 Å². The van der Waals surface area contributed by atoms with Gasteiger partial charge in [-0.25, -0.2) is 4.98 Å². The normalized spacial score (nSPS) is 10.7. The largest absolute Gasteiger partial charge is 0.370 e. The maximum Gasteiger partial charge on any atom is 0.229 e. The van der Waals surface area contributed by atoms with Gasteiger partial charge in [-0.15, -0.1) is 0 Å². The van der Waals surface area contributed by atoms with Gasteiger partial charge in [-0.05, 0) is 30.9 Å². The van der Waals surface area contributed by atoms with Crippen molar-refractivity contribution in [2.24, 2.45) is 5.92 Å². The van der Waals surface area contributed by atoms with Crippen LogP contribution in [0, 0.1) is 12.8 Å². The summed E-state index contributed by atoms with van der Waals surface area (Å²) in [5.41, 5.74) is 3.28. The molecule has 0 radical (unpaired) electrons. The standard InChI is InChI=1S/C17H24N4/c1-5-14-8-6-7-9-15(14)20-17-19-13(4)10-16(21-17)18-11-12(2)3/h6-10,12H,5,11H2,1-4H3,(H2,18,19,20,21). The lowest BCUT2D eigenvalue weighted by molar-refractivity contribution is 0.687. The maximum atomic E-state index is 4.54. The van der Waals surface area contributed by atoms with Gasteiger partial charge in [0.25, 0.3) is 0 Å². The summed E-state index contributed by atoms with van der Waals surface area (Å²) in [5.74, 6) is 2.09. The van der Waals surface area contributed by atoms with Crippen molar-refractivity contribution in [3.8, 4) is 0 Å². The molecule has 21 heavy (non-hydrogen) atoms. The van der Waals surface area contributed by atoms with Crippen LogP contribution in [0.3, 0.4) is 0 Å². The number of nitrogens with one attached hydrogen (secondary N) is 2. The lowest BCUT2D eigenvalue weighted by Gasteiger charge is -2.13. The molecule has 0 spiro atoms. The van der Waals surface area contributed by atoms with Crippen LogP contribution in [0.1, 0.15) is 32.0 Å². The van der Waals surface area contributed by atoms with Crippen molar-refractivity contribution < 1.29 is 0 Å².